The number of piperidine rings is 1. The first-order valence-electron chi connectivity index (χ1n) is 9.27. The second-order valence-electron chi connectivity index (χ2n) is 7.22. The Morgan fingerprint density at radius 2 is 1.86 bits per heavy atom. The zero-order valence-corrected chi connectivity index (χ0v) is 17.5. The van der Waals surface area contributed by atoms with Crippen LogP contribution in [0.1, 0.15) is 30.5 Å². The summed E-state index contributed by atoms with van der Waals surface area (Å²) in [5.74, 6) is -0.121. The van der Waals surface area contributed by atoms with Crippen LogP contribution >= 0.6 is 23.2 Å². The molecule has 1 aliphatic rings. The number of rotatable bonds is 5. The van der Waals surface area contributed by atoms with Crippen LogP contribution in [0.3, 0.4) is 0 Å². The van der Waals surface area contributed by atoms with E-state index in [1.165, 1.54) is 7.11 Å². The molecular formula is C21H23Cl2FN2O2. The van der Waals surface area contributed by atoms with Crippen LogP contribution in [-0.2, 0) is 16.1 Å². The van der Waals surface area contributed by atoms with E-state index in [9.17, 15) is 9.18 Å². The minimum absolute atomic E-state index is 0.168. The molecule has 0 aliphatic carbocycles. The van der Waals surface area contributed by atoms with Crippen molar-refractivity contribution in [3.05, 3.63) is 51.4 Å². The molecule has 0 unspecified atom stereocenters. The van der Waals surface area contributed by atoms with Gasteiger partial charge in [-0.05, 0) is 63.0 Å². The second kappa shape index (κ2) is 9.21. The van der Waals surface area contributed by atoms with Crippen LogP contribution in [0.25, 0.3) is 11.3 Å². The fourth-order valence-electron chi connectivity index (χ4n) is 3.60. The van der Waals surface area contributed by atoms with Crippen LogP contribution in [-0.4, -0.2) is 36.1 Å². The van der Waals surface area contributed by atoms with Gasteiger partial charge in [0.2, 0.25) is 0 Å². The summed E-state index contributed by atoms with van der Waals surface area (Å²) in [6.07, 6.45) is 2.25. The summed E-state index contributed by atoms with van der Waals surface area (Å²) in [6.45, 7) is 3.81. The molecule has 2 heterocycles. The molecule has 0 amide bonds. The molecule has 0 N–H and O–H groups in total. The van der Waals surface area contributed by atoms with Gasteiger partial charge in [0.15, 0.2) is 0 Å². The van der Waals surface area contributed by atoms with Crippen LogP contribution in [0.2, 0.25) is 10.0 Å². The van der Waals surface area contributed by atoms with Crippen LogP contribution in [0.5, 0.6) is 0 Å². The Morgan fingerprint density at radius 3 is 2.46 bits per heavy atom. The lowest BCUT2D eigenvalue weighted by Crippen LogP contribution is -2.34. The molecule has 0 spiro atoms. The number of likely N-dealkylation sites (tertiary alicyclic amines) is 1. The fourth-order valence-corrected chi connectivity index (χ4v) is 4.12. The third kappa shape index (κ3) is 5.22. The second-order valence-corrected chi connectivity index (χ2v) is 8.10. The molecule has 150 valence electrons. The highest BCUT2D eigenvalue weighted by Crippen LogP contribution is 2.29. The first kappa shape index (κ1) is 21.0. The zero-order chi connectivity index (χ0) is 20.3. The topological polar surface area (TPSA) is 42.4 Å². The van der Waals surface area contributed by atoms with E-state index in [2.05, 4.69) is 9.88 Å². The Labute approximate surface area is 174 Å². The number of carbonyl (C=O) groups is 1. The lowest BCUT2D eigenvalue weighted by Gasteiger charge is -2.31. The molecule has 1 aliphatic heterocycles. The average molecular weight is 425 g/mol. The molecule has 0 radical (unpaired) electrons. The highest BCUT2D eigenvalue weighted by molar-refractivity contribution is 6.35. The average Bonchev–Trinajstić information content (AvgIpc) is 2.65. The molecule has 1 fully saturated rings. The molecule has 1 aromatic heterocycles. The van der Waals surface area contributed by atoms with E-state index in [0.717, 1.165) is 31.5 Å². The Hall–Kier alpha value is -1.69. The molecule has 4 nitrogen and oxygen atoms in total. The van der Waals surface area contributed by atoms with Crippen molar-refractivity contribution >= 4 is 29.2 Å². The van der Waals surface area contributed by atoms with Gasteiger partial charge in [-0.2, -0.15) is 0 Å². The van der Waals surface area contributed by atoms with Gasteiger partial charge in [0.1, 0.15) is 5.82 Å². The number of halogens is 3. The van der Waals surface area contributed by atoms with Gasteiger partial charge in [0, 0.05) is 34.1 Å². The highest BCUT2D eigenvalue weighted by atomic mass is 35.5. The molecule has 1 aromatic carbocycles. The third-order valence-electron chi connectivity index (χ3n) is 5.14. The van der Waals surface area contributed by atoms with E-state index in [1.807, 2.05) is 0 Å². The first-order valence-corrected chi connectivity index (χ1v) is 10.0. The zero-order valence-electron chi connectivity index (χ0n) is 16.0. The van der Waals surface area contributed by atoms with Crippen molar-refractivity contribution in [3.8, 4) is 11.3 Å². The number of nitrogens with zero attached hydrogens (tertiary/aromatic N) is 2. The largest absolute Gasteiger partial charge is 0.469 e. The summed E-state index contributed by atoms with van der Waals surface area (Å²) in [5, 5.41) is 1.03. The Morgan fingerprint density at radius 1 is 1.21 bits per heavy atom. The number of carbonyl (C=O) groups excluding carboxylic acids is 1. The predicted molar refractivity (Wildman–Crippen MR) is 109 cm³/mol. The molecule has 3 rings (SSSR count). The minimum atomic E-state index is -0.284. The Bertz CT molecular complexity index is 847. The van der Waals surface area contributed by atoms with Gasteiger partial charge in [-0.3, -0.25) is 14.7 Å². The fraction of sp³-hybridized carbons (Fsp3) is 0.429. The van der Waals surface area contributed by atoms with Crippen LogP contribution in [0.4, 0.5) is 4.39 Å². The standard InChI is InChI=1S/C21H23Cl2FN2O2/c1-13-21(24)16(10-19(25-13)15-8-17(22)11-18(23)9-15)12-26-5-3-14(4-6-26)7-20(27)28-2/h8-11,14H,3-7,12H2,1-2H3. The quantitative estimate of drug-likeness (QED) is 0.612. The first-order chi connectivity index (χ1) is 13.4. The van der Waals surface area contributed by atoms with E-state index in [4.69, 9.17) is 27.9 Å². The Kier molecular flexibility index (Phi) is 6.91. The predicted octanol–water partition coefficient (Wildman–Crippen LogP) is 5.28. The molecule has 0 bridgehead atoms. The number of pyridine rings is 1. The molecular weight excluding hydrogens is 402 g/mol. The number of methoxy groups -OCH3 is 1. The SMILES string of the molecule is COC(=O)CC1CCN(Cc2cc(-c3cc(Cl)cc(Cl)c3)nc(C)c2F)CC1. The maximum Gasteiger partial charge on any atom is 0.305 e. The number of benzene rings is 1. The van der Waals surface area contributed by atoms with Crippen molar-refractivity contribution in [2.24, 2.45) is 5.92 Å². The van der Waals surface area contributed by atoms with Crippen molar-refractivity contribution in [1.82, 2.24) is 9.88 Å². The van der Waals surface area contributed by atoms with E-state index in [-0.39, 0.29) is 11.8 Å². The number of hydrogen-bond donors (Lipinski definition) is 0. The minimum Gasteiger partial charge on any atom is -0.469 e. The van der Waals surface area contributed by atoms with Crippen molar-refractivity contribution < 1.29 is 13.9 Å². The maximum atomic E-state index is 14.7. The molecule has 0 saturated carbocycles. The maximum absolute atomic E-state index is 14.7. The lowest BCUT2D eigenvalue weighted by atomic mass is 9.93. The number of aryl methyl sites for hydroxylation is 1. The van der Waals surface area contributed by atoms with Crippen molar-refractivity contribution in [2.75, 3.05) is 20.2 Å². The smallest absolute Gasteiger partial charge is 0.305 e. The van der Waals surface area contributed by atoms with Gasteiger partial charge in [0.05, 0.1) is 18.5 Å². The normalized spacial score (nSPS) is 15.6. The van der Waals surface area contributed by atoms with Crippen molar-refractivity contribution in [3.63, 3.8) is 0 Å². The lowest BCUT2D eigenvalue weighted by molar-refractivity contribution is -0.142. The monoisotopic (exact) mass is 424 g/mol. The van der Waals surface area contributed by atoms with Gasteiger partial charge >= 0.3 is 5.97 Å². The molecule has 2 aromatic rings. The summed E-state index contributed by atoms with van der Waals surface area (Å²) in [5.41, 5.74) is 2.37. The summed E-state index contributed by atoms with van der Waals surface area (Å²) < 4.78 is 19.5. The van der Waals surface area contributed by atoms with E-state index >= 15 is 0 Å². The van der Waals surface area contributed by atoms with Gasteiger partial charge in [-0.15, -0.1) is 0 Å². The summed E-state index contributed by atoms with van der Waals surface area (Å²) >= 11 is 12.2. The van der Waals surface area contributed by atoms with Gasteiger partial charge in [-0.1, -0.05) is 23.2 Å². The molecule has 1 saturated heterocycles. The molecule has 7 heteroatoms. The molecule has 0 atom stereocenters. The summed E-state index contributed by atoms with van der Waals surface area (Å²) in [7, 11) is 1.41. The van der Waals surface area contributed by atoms with Crippen LogP contribution in [0, 0.1) is 18.7 Å². The number of hydrogen-bond acceptors (Lipinski definition) is 4. The molecule has 28 heavy (non-hydrogen) atoms. The van der Waals surface area contributed by atoms with E-state index in [1.54, 1.807) is 31.2 Å². The van der Waals surface area contributed by atoms with Crippen LogP contribution in [0.15, 0.2) is 24.3 Å². The van der Waals surface area contributed by atoms with Gasteiger partial charge < -0.3 is 4.74 Å². The van der Waals surface area contributed by atoms with Gasteiger partial charge in [-0.25, -0.2) is 4.39 Å². The van der Waals surface area contributed by atoms with E-state index in [0.29, 0.717) is 45.9 Å². The number of aromatic nitrogens is 1. The summed E-state index contributed by atoms with van der Waals surface area (Å²) in [4.78, 5) is 18.0. The van der Waals surface area contributed by atoms with E-state index < -0.39 is 0 Å². The number of ether oxygens (including phenoxy) is 1. The number of esters is 1. The van der Waals surface area contributed by atoms with Crippen molar-refractivity contribution in [2.45, 2.75) is 32.7 Å². The summed E-state index contributed by atoms with van der Waals surface area (Å²) in [6, 6.07) is 6.97. The Balaban J connectivity index is 1.74. The van der Waals surface area contributed by atoms with Gasteiger partial charge in [0.25, 0.3) is 0 Å². The highest BCUT2D eigenvalue weighted by Gasteiger charge is 2.23. The third-order valence-corrected chi connectivity index (χ3v) is 5.58. The van der Waals surface area contributed by atoms with Crippen LogP contribution < -0.4 is 0 Å². The van der Waals surface area contributed by atoms with Crippen molar-refractivity contribution in [1.29, 1.82) is 0 Å².